The van der Waals surface area contributed by atoms with Gasteiger partial charge in [0, 0.05) is 19.2 Å². The van der Waals surface area contributed by atoms with Crippen LogP contribution in [0.25, 0.3) is 0 Å². The summed E-state index contributed by atoms with van der Waals surface area (Å²) in [5, 5.41) is 2.46. The highest BCUT2D eigenvalue weighted by atomic mass is 32.2. The molecule has 0 aliphatic carbocycles. The van der Waals surface area contributed by atoms with E-state index in [1.807, 2.05) is 13.0 Å². The van der Waals surface area contributed by atoms with Crippen molar-refractivity contribution in [2.75, 3.05) is 24.2 Å². The molecule has 2 amide bonds. The Morgan fingerprint density at radius 3 is 2.37 bits per heavy atom. The lowest BCUT2D eigenvalue weighted by molar-refractivity contribution is -0.139. The zero-order valence-electron chi connectivity index (χ0n) is 17.4. The lowest BCUT2D eigenvalue weighted by Crippen LogP contribution is -2.50. The van der Waals surface area contributed by atoms with Crippen molar-refractivity contribution in [3.8, 4) is 0 Å². The second-order valence-corrected chi connectivity index (χ2v) is 8.92. The van der Waals surface area contributed by atoms with Crippen molar-refractivity contribution in [2.45, 2.75) is 26.4 Å². The number of amides is 2. The molecule has 2 aromatic carbocycles. The maximum absolute atomic E-state index is 14.2. The molecule has 0 saturated heterocycles. The quantitative estimate of drug-likeness (QED) is 0.688. The van der Waals surface area contributed by atoms with Crippen LogP contribution < -0.4 is 9.62 Å². The zero-order chi connectivity index (χ0) is 22.5. The summed E-state index contributed by atoms with van der Waals surface area (Å²) in [7, 11) is -2.35. The van der Waals surface area contributed by atoms with Gasteiger partial charge in [0.2, 0.25) is 21.8 Å². The molecule has 0 radical (unpaired) electrons. The van der Waals surface area contributed by atoms with Gasteiger partial charge < -0.3 is 10.2 Å². The van der Waals surface area contributed by atoms with Gasteiger partial charge >= 0.3 is 0 Å². The number of anilines is 1. The van der Waals surface area contributed by atoms with Gasteiger partial charge in [0.25, 0.3) is 0 Å². The number of halogens is 1. The minimum absolute atomic E-state index is 0.175. The summed E-state index contributed by atoms with van der Waals surface area (Å²) in [5.74, 6) is -1.58. The van der Waals surface area contributed by atoms with Crippen LogP contribution in [0.3, 0.4) is 0 Å². The maximum Gasteiger partial charge on any atom is 0.244 e. The van der Waals surface area contributed by atoms with Crippen molar-refractivity contribution in [1.82, 2.24) is 10.2 Å². The third kappa shape index (κ3) is 5.79. The topological polar surface area (TPSA) is 86.8 Å². The van der Waals surface area contributed by atoms with Crippen LogP contribution in [0.5, 0.6) is 0 Å². The minimum atomic E-state index is -3.78. The molecular formula is C21H26FN3O4S. The molecular weight excluding hydrogens is 409 g/mol. The van der Waals surface area contributed by atoms with Gasteiger partial charge in [0.15, 0.2) is 0 Å². The Kier molecular flexibility index (Phi) is 7.55. The van der Waals surface area contributed by atoms with E-state index in [1.54, 1.807) is 24.3 Å². The van der Waals surface area contributed by atoms with Crippen LogP contribution >= 0.6 is 0 Å². The molecule has 0 fully saturated rings. The summed E-state index contributed by atoms with van der Waals surface area (Å²) in [5.41, 5.74) is 1.39. The van der Waals surface area contributed by atoms with Crippen molar-refractivity contribution >= 4 is 27.5 Å². The largest absolute Gasteiger partial charge is 0.357 e. The Labute approximate surface area is 176 Å². The van der Waals surface area contributed by atoms with E-state index in [1.165, 1.54) is 37.1 Å². The van der Waals surface area contributed by atoms with Gasteiger partial charge in [0.05, 0.1) is 11.9 Å². The fraction of sp³-hybridized carbons (Fsp3) is 0.333. The third-order valence-electron chi connectivity index (χ3n) is 4.68. The van der Waals surface area contributed by atoms with E-state index in [2.05, 4.69) is 5.32 Å². The van der Waals surface area contributed by atoms with E-state index in [9.17, 15) is 22.4 Å². The average molecular weight is 436 g/mol. The van der Waals surface area contributed by atoms with Crippen LogP contribution in [0, 0.1) is 12.7 Å². The molecule has 0 spiro atoms. The Morgan fingerprint density at radius 2 is 1.80 bits per heavy atom. The van der Waals surface area contributed by atoms with E-state index in [4.69, 9.17) is 0 Å². The molecule has 0 saturated carbocycles. The van der Waals surface area contributed by atoms with Crippen molar-refractivity contribution in [2.24, 2.45) is 0 Å². The van der Waals surface area contributed by atoms with Crippen molar-refractivity contribution in [3.63, 3.8) is 0 Å². The molecule has 162 valence electrons. The predicted octanol–water partition coefficient (Wildman–Crippen LogP) is 2.06. The van der Waals surface area contributed by atoms with Gasteiger partial charge in [-0.05, 0) is 37.6 Å². The lowest BCUT2D eigenvalue weighted by atomic mass is 10.1. The highest BCUT2D eigenvalue weighted by molar-refractivity contribution is 7.92. The Bertz CT molecular complexity index is 1030. The molecule has 0 aliphatic rings. The number of aryl methyl sites for hydroxylation is 1. The second kappa shape index (κ2) is 9.71. The average Bonchev–Trinajstić information content (AvgIpc) is 2.69. The van der Waals surface area contributed by atoms with Gasteiger partial charge in [-0.2, -0.15) is 0 Å². The summed E-state index contributed by atoms with van der Waals surface area (Å²) in [6, 6.07) is 11.7. The zero-order valence-corrected chi connectivity index (χ0v) is 18.2. The molecule has 0 heterocycles. The Balaban J connectivity index is 2.40. The Morgan fingerprint density at radius 1 is 1.13 bits per heavy atom. The van der Waals surface area contributed by atoms with E-state index in [0.717, 1.165) is 16.1 Å². The highest BCUT2D eigenvalue weighted by Crippen LogP contribution is 2.20. The van der Waals surface area contributed by atoms with Crippen molar-refractivity contribution in [1.29, 1.82) is 0 Å². The van der Waals surface area contributed by atoms with E-state index >= 15 is 0 Å². The molecule has 1 N–H and O–H groups in total. The monoisotopic (exact) mass is 435 g/mol. The fourth-order valence-corrected chi connectivity index (χ4v) is 3.84. The molecule has 30 heavy (non-hydrogen) atoms. The number of carbonyl (C=O) groups excluding carboxylic acids is 2. The second-order valence-electron chi connectivity index (χ2n) is 7.01. The molecule has 9 heteroatoms. The van der Waals surface area contributed by atoms with Crippen molar-refractivity contribution < 1.29 is 22.4 Å². The van der Waals surface area contributed by atoms with Gasteiger partial charge in [-0.1, -0.05) is 30.3 Å². The highest BCUT2D eigenvalue weighted by Gasteiger charge is 2.30. The van der Waals surface area contributed by atoms with Gasteiger partial charge in [-0.15, -0.1) is 0 Å². The molecule has 7 nitrogen and oxygen atoms in total. The molecule has 0 aliphatic heterocycles. The van der Waals surface area contributed by atoms with E-state index in [0.29, 0.717) is 5.69 Å². The van der Waals surface area contributed by atoms with Crippen molar-refractivity contribution in [3.05, 3.63) is 65.5 Å². The molecule has 2 rings (SSSR count). The predicted molar refractivity (Wildman–Crippen MR) is 114 cm³/mol. The lowest BCUT2D eigenvalue weighted by Gasteiger charge is -2.31. The molecule has 1 atom stereocenters. The SMILES string of the molecule is CNC(=O)[C@H](C)N(Cc1ccccc1F)C(=O)CN(c1cccc(C)c1)S(C)(=O)=O. The number of nitrogens with zero attached hydrogens (tertiary/aromatic N) is 2. The van der Waals surface area contributed by atoms with Crippen LogP contribution in [0.15, 0.2) is 48.5 Å². The summed E-state index contributed by atoms with van der Waals surface area (Å²) < 4.78 is 39.9. The summed E-state index contributed by atoms with van der Waals surface area (Å²) >= 11 is 0. The first-order valence-electron chi connectivity index (χ1n) is 9.33. The van der Waals surface area contributed by atoms with Crippen LogP contribution in [0.2, 0.25) is 0 Å². The third-order valence-corrected chi connectivity index (χ3v) is 5.82. The van der Waals surface area contributed by atoms with Gasteiger partial charge in [-0.25, -0.2) is 12.8 Å². The fourth-order valence-electron chi connectivity index (χ4n) is 3.00. The number of hydrogen-bond donors (Lipinski definition) is 1. The van der Waals surface area contributed by atoms with Crippen LogP contribution in [0.4, 0.5) is 10.1 Å². The summed E-state index contributed by atoms with van der Waals surface area (Å²) in [6.07, 6.45) is 1.01. The number of rotatable bonds is 8. The number of nitrogens with one attached hydrogen (secondary N) is 1. The minimum Gasteiger partial charge on any atom is -0.357 e. The summed E-state index contributed by atoms with van der Waals surface area (Å²) in [4.78, 5) is 26.5. The van der Waals surface area contributed by atoms with Crippen LogP contribution in [0.1, 0.15) is 18.1 Å². The number of sulfonamides is 1. The summed E-state index contributed by atoms with van der Waals surface area (Å²) in [6.45, 7) is 2.63. The molecule has 2 aromatic rings. The smallest absolute Gasteiger partial charge is 0.244 e. The molecule has 0 unspecified atom stereocenters. The van der Waals surface area contributed by atoms with Crippen LogP contribution in [-0.4, -0.2) is 51.0 Å². The first-order chi connectivity index (χ1) is 14.0. The van der Waals surface area contributed by atoms with Crippen LogP contribution in [-0.2, 0) is 26.2 Å². The number of benzene rings is 2. The number of carbonyl (C=O) groups is 2. The first kappa shape index (κ1) is 23.3. The van der Waals surface area contributed by atoms with Gasteiger partial charge in [0.1, 0.15) is 18.4 Å². The molecule has 0 aromatic heterocycles. The first-order valence-corrected chi connectivity index (χ1v) is 11.2. The number of likely N-dealkylation sites (N-methyl/N-ethyl adjacent to an activating group) is 1. The maximum atomic E-state index is 14.2. The van der Waals surface area contributed by atoms with E-state index < -0.39 is 40.2 Å². The normalized spacial score (nSPS) is 12.2. The number of hydrogen-bond acceptors (Lipinski definition) is 4. The standard InChI is InChI=1S/C21H26FN3O4S/c1-15-8-7-10-18(12-15)25(30(4,28)29)14-20(26)24(16(2)21(27)23-3)13-17-9-5-6-11-19(17)22/h5-12,16H,13-14H2,1-4H3,(H,23,27)/t16-/m0/s1. The Hall–Kier alpha value is -2.94. The molecule has 0 bridgehead atoms. The van der Waals surface area contributed by atoms with Gasteiger partial charge in [-0.3, -0.25) is 13.9 Å². The van der Waals surface area contributed by atoms with E-state index in [-0.39, 0.29) is 12.1 Å².